The molecule has 2 heterocycles. The summed E-state index contributed by atoms with van der Waals surface area (Å²) in [5.74, 6) is -0.0211. The van der Waals surface area contributed by atoms with Crippen LogP contribution in [0.5, 0.6) is 0 Å². The van der Waals surface area contributed by atoms with Crippen LogP contribution in [0, 0.1) is 11.3 Å². The second-order valence-corrected chi connectivity index (χ2v) is 7.68. The van der Waals surface area contributed by atoms with Crippen molar-refractivity contribution in [2.24, 2.45) is 0 Å². The maximum Gasteiger partial charge on any atom is 0.337 e. The maximum absolute atomic E-state index is 12.6. The van der Waals surface area contributed by atoms with Gasteiger partial charge in [-0.15, -0.1) is 0 Å². The van der Waals surface area contributed by atoms with Crippen LogP contribution in [0.4, 0.5) is 11.4 Å². The third-order valence-electron chi connectivity index (χ3n) is 5.48. The fourth-order valence-electron chi connectivity index (χ4n) is 3.64. The molecule has 2 N–H and O–H groups in total. The molecule has 0 radical (unpaired) electrons. The number of hydrogen-bond donors (Lipinski definition) is 2. The Hall–Kier alpha value is -4.35. The lowest BCUT2D eigenvalue weighted by atomic mass is 10.1. The number of furan rings is 1. The summed E-state index contributed by atoms with van der Waals surface area (Å²) >= 11 is 0. The van der Waals surface area contributed by atoms with Crippen molar-refractivity contribution < 1.29 is 18.7 Å². The molecular weight excluding hydrogens is 432 g/mol. The van der Waals surface area contributed by atoms with Crippen LogP contribution >= 0.6 is 0 Å². The number of ether oxygens (including phenoxy) is 1. The third kappa shape index (κ3) is 5.34. The molecule has 34 heavy (non-hydrogen) atoms. The first kappa shape index (κ1) is 22.8. The summed E-state index contributed by atoms with van der Waals surface area (Å²) in [4.78, 5) is 26.5. The molecule has 0 spiro atoms. The minimum atomic E-state index is -0.516. The topological polar surface area (TPSA) is 108 Å². The van der Waals surface area contributed by atoms with E-state index in [1.54, 1.807) is 36.4 Å². The lowest BCUT2D eigenvalue weighted by molar-refractivity contribution is -0.112. The summed E-state index contributed by atoms with van der Waals surface area (Å²) in [5.41, 5.74) is 2.81. The predicted molar refractivity (Wildman–Crippen MR) is 129 cm³/mol. The fourth-order valence-corrected chi connectivity index (χ4v) is 3.64. The highest BCUT2D eigenvalue weighted by molar-refractivity contribution is 6.09. The number of piperazine rings is 1. The van der Waals surface area contributed by atoms with E-state index in [1.807, 2.05) is 30.3 Å². The van der Waals surface area contributed by atoms with Crippen LogP contribution < -0.4 is 15.5 Å². The van der Waals surface area contributed by atoms with Gasteiger partial charge in [0.1, 0.15) is 23.2 Å². The zero-order chi connectivity index (χ0) is 23.9. The van der Waals surface area contributed by atoms with Gasteiger partial charge in [-0.2, -0.15) is 5.26 Å². The number of rotatable bonds is 6. The van der Waals surface area contributed by atoms with Gasteiger partial charge in [0.15, 0.2) is 0 Å². The van der Waals surface area contributed by atoms with E-state index >= 15 is 0 Å². The Morgan fingerprint density at radius 3 is 2.41 bits per heavy atom. The standard InChI is InChI=1S/C26H24N4O4/c1-33-26(32)19-4-2-18(3-5-19)24-11-10-23(34-24)16-20(17-27)25(31)29-21-6-8-22(9-7-21)30-14-12-28-13-15-30/h2-11,16,28H,12-15H2,1H3,(H,29,31)/b20-16+. The molecule has 0 saturated carbocycles. The van der Waals surface area contributed by atoms with E-state index in [2.05, 4.69) is 15.5 Å². The van der Waals surface area contributed by atoms with E-state index in [9.17, 15) is 14.9 Å². The van der Waals surface area contributed by atoms with Crippen molar-refractivity contribution >= 4 is 29.3 Å². The molecule has 1 aliphatic rings. The van der Waals surface area contributed by atoms with Gasteiger partial charge in [0, 0.05) is 49.2 Å². The number of nitrogens with zero attached hydrogens (tertiary/aromatic N) is 2. The molecule has 0 aliphatic carbocycles. The Kier molecular flexibility index (Phi) is 7.06. The van der Waals surface area contributed by atoms with Crippen molar-refractivity contribution in [2.75, 3.05) is 43.5 Å². The van der Waals surface area contributed by atoms with Gasteiger partial charge in [0.2, 0.25) is 0 Å². The lowest BCUT2D eigenvalue weighted by Crippen LogP contribution is -2.43. The first-order valence-corrected chi connectivity index (χ1v) is 10.8. The van der Waals surface area contributed by atoms with E-state index in [1.165, 1.54) is 13.2 Å². The van der Waals surface area contributed by atoms with Crippen LogP contribution in [-0.2, 0) is 9.53 Å². The Bertz CT molecular complexity index is 1230. The van der Waals surface area contributed by atoms with E-state index in [0.29, 0.717) is 22.8 Å². The van der Waals surface area contributed by atoms with Gasteiger partial charge in [-0.3, -0.25) is 4.79 Å². The number of anilines is 2. The molecule has 8 nitrogen and oxygen atoms in total. The van der Waals surface area contributed by atoms with E-state index in [4.69, 9.17) is 9.15 Å². The second-order valence-electron chi connectivity index (χ2n) is 7.68. The van der Waals surface area contributed by atoms with Crippen molar-refractivity contribution in [3.63, 3.8) is 0 Å². The lowest BCUT2D eigenvalue weighted by Gasteiger charge is -2.29. The molecule has 0 unspecified atom stereocenters. The van der Waals surface area contributed by atoms with Crippen LogP contribution in [-0.4, -0.2) is 45.2 Å². The first-order valence-electron chi connectivity index (χ1n) is 10.8. The van der Waals surface area contributed by atoms with Gasteiger partial charge in [-0.25, -0.2) is 4.79 Å². The summed E-state index contributed by atoms with van der Waals surface area (Å²) in [6.45, 7) is 3.77. The third-order valence-corrected chi connectivity index (χ3v) is 5.48. The minimum Gasteiger partial charge on any atom is -0.465 e. The summed E-state index contributed by atoms with van der Waals surface area (Å²) in [5, 5.41) is 15.6. The average molecular weight is 457 g/mol. The van der Waals surface area contributed by atoms with Gasteiger partial charge in [-0.05, 0) is 48.5 Å². The molecule has 3 aromatic rings. The SMILES string of the molecule is COC(=O)c1ccc(-c2ccc(/C=C(\C#N)C(=O)Nc3ccc(N4CCNCC4)cc3)o2)cc1. The largest absolute Gasteiger partial charge is 0.465 e. The number of carbonyl (C=O) groups excluding carboxylic acids is 2. The number of hydrogen-bond acceptors (Lipinski definition) is 7. The van der Waals surface area contributed by atoms with Crippen LogP contribution in [0.3, 0.4) is 0 Å². The summed E-state index contributed by atoms with van der Waals surface area (Å²) in [7, 11) is 1.33. The molecule has 1 fully saturated rings. The normalized spacial score (nSPS) is 13.8. The molecule has 172 valence electrons. The van der Waals surface area contributed by atoms with E-state index in [-0.39, 0.29) is 5.57 Å². The Labute approximate surface area is 197 Å². The Balaban J connectivity index is 1.43. The van der Waals surface area contributed by atoms with E-state index in [0.717, 1.165) is 37.4 Å². The Morgan fingerprint density at radius 1 is 1.06 bits per heavy atom. The quantitative estimate of drug-likeness (QED) is 0.331. The van der Waals surface area contributed by atoms with Crippen molar-refractivity contribution in [1.82, 2.24) is 5.32 Å². The monoisotopic (exact) mass is 456 g/mol. The van der Waals surface area contributed by atoms with E-state index < -0.39 is 11.9 Å². The smallest absolute Gasteiger partial charge is 0.337 e. The number of amides is 1. The highest BCUT2D eigenvalue weighted by Crippen LogP contribution is 2.24. The van der Waals surface area contributed by atoms with Crippen molar-refractivity contribution in [3.8, 4) is 17.4 Å². The molecule has 0 atom stereocenters. The Morgan fingerprint density at radius 2 is 1.76 bits per heavy atom. The number of esters is 1. The van der Waals surface area contributed by atoms with Crippen LogP contribution in [0.15, 0.2) is 70.7 Å². The van der Waals surface area contributed by atoms with Gasteiger partial charge in [0.05, 0.1) is 12.7 Å². The zero-order valence-corrected chi connectivity index (χ0v) is 18.7. The van der Waals surface area contributed by atoms with Crippen LogP contribution in [0.25, 0.3) is 17.4 Å². The average Bonchev–Trinajstić information content (AvgIpc) is 3.36. The molecule has 1 saturated heterocycles. The number of methoxy groups -OCH3 is 1. The minimum absolute atomic E-state index is 0.0758. The summed E-state index contributed by atoms with van der Waals surface area (Å²) in [6, 6.07) is 19.7. The first-order chi connectivity index (χ1) is 16.6. The number of carbonyl (C=O) groups is 2. The predicted octanol–water partition coefficient (Wildman–Crippen LogP) is 3.69. The molecule has 4 rings (SSSR count). The molecule has 1 aliphatic heterocycles. The van der Waals surface area contributed by atoms with Crippen LogP contribution in [0.2, 0.25) is 0 Å². The number of nitrogens with one attached hydrogen (secondary N) is 2. The number of nitriles is 1. The molecule has 2 aromatic carbocycles. The van der Waals surface area contributed by atoms with Crippen LogP contribution in [0.1, 0.15) is 16.1 Å². The molecule has 8 heteroatoms. The molecule has 1 aromatic heterocycles. The molecular formula is C26H24N4O4. The number of benzene rings is 2. The maximum atomic E-state index is 12.6. The van der Waals surface area contributed by atoms with Crippen molar-refractivity contribution in [1.29, 1.82) is 5.26 Å². The van der Waals surface area contributed by atoms with Crippen molar-refractivity contribution in [2.45, 2.75) is 0 Å². The fraction of sp³-hybridized carbons (Fsp3) is 0.192. The van der Waals surface area contributed by atoms with Gasteiger partial charge in [0.25, 0.3) is 5.91 Å². The highest BCUT2D eigenvalue weighted by Gasteiger charge is 2.14. The van der Waals surface area contributed by atoms with Gasteiger partial charge in [-0.1, -0.05) is 12.1 Å². The van der Waals surface area contributed by atoms with Gasteiger partial charge < -0.3 is 24.7 Å². The molecule has 1 amide bonds. The zero-order valence-electron chi connectivity index (χ0n) is 18.7. The molecule has 0 bridgehead atoms. The van der Waals surface area contributed by atoms with Gasteiger partial charge >= 0.3 is 5.97 Å². The highest BCUT2D eigenvalue weighted by atomic mass is 16.5. The summed E-state index contributed by atoms with van der Waals surface area (Å²) < 4.78 is 10.5. The van der Waals surface area contributed by atoms with Crippen molar-refractivity contribution in [3.05, 3.63) is 77.6 Å². The summed E-state index contributed by atoms with van der Waals surface area (Å²) in [6.07, 6.45) is 1.40. The second kappa shape index (κ2) is 10.5.